The molecule has 7 heteroatoms. The van der Waals surface area contributed by atoms with Crippen molar-refractivity contribution < 1.29 is 28.2 Å². The van der Waals surface area contributed by atoms with Crippen LogP contribution in [0.4, 0.5) is 0 Å². The molecule has 14 rings (SSSR count). The molecule has 69 heavy (non-hydrogen) atoms. The first kappa shape index (κ1) is 36.8. The van der Waals surface area contributed by atoms with E-state index in [9.17, 15) is 0 Å². The Morgan fingerprint density at radius 1 is 0.478 bits per heavy atom. The molecule has 0 aliphatic heterocycles. The van der Waals surface area contributed by atoms with E-state index < -0.39 is 6.85 Å². The number of benzene rings is 9. The Labute approximate surface area is 412 Å². The molecule has 0 spiro atoms. The van der Waals surface area contributed by atoms with E-state index in [1.807, 2.05) is 54.7 Å². The number of aromatic nitrogens is 5. The monoisotopic (exact) mass is 1070 g/mol. The molecule has 0 aliphatic carbocycles. The van der Waals surface area contributed by atoms with Crippen LogP contribution < -0.4 is 4.74 Å². The van der Waals surface area contributed by atoms with Crippen LogP contribution in [0.1, 0.15) is 15.2 Å². The van der Waals surface area contributed by atoms with Crippen LogP contribution in [0.25, 0.3) is 110 Å². The van der Waals surface area contributed by atoms with Crippen LogP contribution in [0.3, 0.4) is 0 Å². The zero-order chi connectivity index (χ0) is 48.4. The van der Waals surface area contributed by atoms with Crippen LogP contribution in [0.5, 0.6) is 11.5 Å². The van der Waals surface area contributed by atoms with E-state index in [0.717, 1.165) is 87.2 Å². The molecule has 330 valence electrons. The van der Waals surface area contributed by atoms with E-state index in [2.05, 4.69) is 196 Å². The van der Waals surface area contributed by atoms with Gasteiger partial charge in [0.15, 0.2) is 0 Å². The molecule has 0 amide bonds. The second-order valence-electron chi connectivity index (χ2n) is 17.8. The fourth-order valence-corrected chi connectivity index (χ4v) is 11.9. The first-order valence-electron chi connectivity index (χ1n) is 24.5. The van der Waals surface area contributed by atoms with Crippen molar-refractivity contribution in [3.63, 3.8) is 0 Å². The molecular weight excluding hydrogens is 1030 g/mol. The summed E-state index contributed by atoms with van der Waals surface area (Å²) in [4.78, 5) is 4.94. The Bertz CT molecular complexity index is 4510. The average Bonchev–Trinajstić information content (AvgIpc) is 4.11. The second kappa shape index (κ2) is 15.4. The summed E-state index contributed by atoms with van der Waals surface area (Å²) in [5, 5.41) is 6.97. The number of ether oxygens (including phenoxy) is 1. The minimum atomic E-state index is -2.46. The van der Waals surface area contributed by atoms with Crippen molar-refractivity contribution in [1.82, 2.24) is 23.1 Å². The normalized spacial score (nSPS) is 12.8. The van der Waals surface area contributed by atoms with Crippen molar-refractivity contribution in [2.45, 2.75) is 13.8 Å². The van der Waals surface area contributed by atoms with Gasteiger partial charge >= 0.3 is 305 Å². The molecule has 6 nitrogen and oxygen atoms in total. The number of hydrogen-bond donors (Lipinski definition) is 0. The van der Waals surface area contributed by atoms with Gasteiger partial charge in [-0.2, -0.15) is 0 Å². The van der Waals surface area contributed by atoms with Gasteiger partial charge in [0, 0.05) is 27.7 Å². The Hall–Kier alpha value is -8.31. The SMILES string of the molecule is [2H]C([2H])([2H])c1ccc(-n2[c](=[Pt])n(-c3c(-c4ccccc4)cccc3-c3ccccc3)c3ccccc32)cc1Oc1ccc2c3cc4c5cccc6c7ccccc7n(c4cc3n(-c3cc(C)ccn3)c2c1)c65. The van der Waals surface area contributed by atoms with Crippen LogP contribution in [0.2, 0.25) is 0 Å². The molecule has 9 aromatic carbocycles. The van der Waals surface area contributed by atoms with Gasteiger partial charge in [0.1, 0.15) is 0 Å². The molecule has 0 aliphatic rings. The van der Waals surface area contributed by atoms with Crippen molar-refractivity contribution in [3.05, 3.63) is 227 Å². The van der Waals surface area contributed by atoms with Gasteiger partial charge in [-0.05, 0) is 24.6 Å². The van der Waals surface area contributed by atoms with Crippen LogP contribution in [-0.2, 0) is 19.4 Å². The molecule has 0 bridgehead atoms. The van der Waals surface area contributed by atoms with Crippen LogP contribution >= 0.6 is 0 Å². The van der Waals surface area contributed by atoms with Gasteiger partial charge in [-0.25, -0.2) is 0 Å². The molecule has 14 aromatic rings. The maximum atomic E-state index is 8.75. The number of pyridine rings is 1. The summed E-state index contributed by atoms with van der Waals surface area (Å²) in [5.41, 5.74) is 14.7. The Morgan fingerprint density at radius 2 is 1.10 bits per heavy atom. The maximum Gasteiger partial charge on any atom is 0.0620 e. The summed E-state index contributed by atoms with van der Waals surface area (Å²) in [5.74, 6) is 1.53. The van der Waals surface area contributed by atoms with Crippen molar-refractivity contribution in [2.24, 2.45) is 0 Å². The number of fused-ring (bicyclic) bond motifs is 10. The number of imidazole rings is 1. The van der Waals surface area contributed by atoms with Crippen LogP contribution in [0, 0.1) is 17.6 Å². The van der Waals surface area contributed by atoms with Gasteiger partial charge in [-0.3, -0.25) is 0 Å². The Morgan fingerprint density at radius 3 is 1.84 bits per heavy atom. The van der Waals surface area contributed by atoms with E-state index in [1.54, 1.807) is 6.07 Å². The van der Waals surface area contributed by atoms with Crippen molar-refractivity contribution in [1.29, 1.82) is 0 Å². The summed E-state index contributed by atoms with van der Waals surface area (Å²) in [6.07, 6.45) is 1.85. The summed E-state index contributed by atoms with van der Waals surface area (Å²) in [6.45, 7) is -0.386. The van der Waals surface area contributed by atoms with Gasteiger partial charge in [0.05, 0.1) is 16.6 Å². The fraction of sp³-hybridized carbons (Fsp3) is 0.0323. The molecule has 5 aromatic heterocycles. The summed E-state index contributed by atoms with van der Waals surface area (Å²) in [7, 11) is 0. The minimum absolute atomic E-state index is 0.118. The third-order valence-corrected chi connectivity index (χ3v) is 14.8. The summed E-state index contributed by atoms with van der Waals surface area (Å²) in [6, 6.07) is 71.3. The molecule has 0 atom stereocenters. The quantitative estimate of drug-likeness (QED) is 0.160. The molecular formula is C62H41N5OPt. The van der Waals surface area contributed by atoms with E-state index in [0.29, 0.717) is 5.75 Å². The third kappa shape index (κ3) is 6.02. The molecule has 0 radical (unpaired) electrons. The predicted octanol–water partition coefficient (Wildman–Crippen LogP) is 15.9. The van der Waals surface area contributed by atoms with Crippen molar-refractivity contribution in [3.8, 4) is 50.9 Å². The van der Waals surface area contributed by atoms with E-state index in [4.69, 9.17) is 13.8 Å². The molecule has 0 saturated carbocycles. The molecule has 5 heterocycles. The minimum Gasteiger partial charge on any atom is 0.0620 e. The first-order chi connectivity index (χ1) is 35.2. The molecule has 0 fully saturated rings. The second-order valence-corrected chi connectivity index (χ2v) is 18.8. The first-order valence-corrected chi connectivity index (χ1v) is 24.2. The predicted molar refractivity (Wildman–Crippen MR) is 280 cm³/mol. The number of para-hydroxylation sites is 5. The number of aryl methyl sites for hydroxylation is 2. The number of hydrogen-bond acceptors (Lipinski definition) is 2. The topological polar surface area (TPSA) is 41.3 Å². The maximum absolute atomic E-state index is 8.75. The number of nitrogens with zero attached hydrogens (tertiary/aromatic N) is 5. The molecule has 0 saturated heterocycles. The summed E-state index contributed by atoms with van der Waals surface area (Å²) >= 11 is 2.42. The Kier molecular flexibility index (Phi) is 8.18. The van der Waals surface area contributed by atoms with Gasteiger partial charge in [0.25, 0.3) is 0 Å². The van der Waals surface area contributed by atoms with Gasteiger partial charge in [-0.15, -0.1) is 0 Å². The van der Waals surface area contributed by atoms with E-state index in [1.165, 1.54) is 32.6 Å². The summed E-state index contributed by atoms with van der Waals surface area (Å²) < 4.78 is 43.2. The zero-order valence-corrected chi connectivity index (χ0v) is 39.4. The van der Waals surface area contributed by atoms with Crippen molar-refractivity contribution in [2.75, 3.05) is 0 Å². The third-order valence-electron chi connectivity index (χ3n) is 13.8. The van der Waals surface area contributed by atoms with Gasteiger partial charge < -0.3 is 4.40 Å². The standard InChI is InChI=1S/C62H41N5O.Pt/c1-39-31-32-63-60(33-39)66-56-35-44(29-30-48(56)51-36-52-50-23-14-22-49-47-19-9-10-24-53(47)67(62(49)50)58(52)37-57(51)66)68-59-34-43(28-27-40(59)2)64-38-65(55-26-12-11-25-54(55)64)61-45(41-15-5-3-6-16-41)20-13-21-46(61)42-17-7-4-8-18-42;/h3-37H,1-2H3;/i2D3;. The fourth-order valence-electron chi connectivity index (χ4n) is 10.8. The van der Waals surface area contributed by atoms with Gasteiger partial charge in [0.2, 0.25) is 0 Å². The molecule has 0 N–H and O–H groups in total. The van der Waals surface area contributed by atoms with Crippen LogP contribution in [0.15, 0.2) is 212 Å². The average molecular weight is 1070 g/mol. The number of rotatable bonds is 7. The Balaban J connectivity index is 0.964. The van der Waals surface area contributed by atoms with Gasteiger partial charge in [-0.1, -0.05) is 36.4 Å². The van der Waals surface area contributed by atoms with Crippen molar-refractivity contribution >= 4 is 70.9 Å². The molecule has 0 unspecified atom stereocenters. The zero-order valence-electron chi connectivity index (χ0n) is 40.2. The van der Waals surface area contributed by atoms with E-state index in [-0.39, 0.29) is 11.3 Å². The van der Waals surface area contributed by atoms with E-state index >= 15 is 0 Å². The van der Waals surface area contributed by atoms with Crippen LogP contribution in [-0.4, -0.2) is 23.1 Å². The smallest absolute Gasteiger partial charge is 0.0620 e. The largest absolute Gasteiger partial charge is 0.0620 e.